The van der Waals surface area contributed by atoms with Crippen molar-refractivity contribution in [3.8, 4) is 0 Å². The van der Waals surface area contributed by atoms with Crippen molar-refractivity contribution in [3.63, 3.8) is 0 Å². The van der Waals surface area contributed by atoms with E-state index in [9.17, 15) is 9.59 Å². The van der Waals surface area contributed by atoms with Crippen LogP contribution in [-0.2, 0) is 19.1 Å². The molecule has 23 heavy (non-hydrogen) atoms. The highest BCUT2D eigenvalue weighted by Gasteiger charge is 2.09. The van der Waals surface area contributed by atoms with Gasteiger partial charge in [0.05, 0.1) is 19.8 Å². The third kappa shape index (κ3) is 9.93. The number of carbonyl (C=O) groups excluding carboxylic acids is 2. The number of aryl methyl sites for hydroxylation is 1. The Morgan fingerprint density at radius 1 is 1.04 bits per heavy atom. The lowest BCUT2D eigenvalue weighted by Gasteiger charge is -2.07. The quantitative estimate of drug-likeness (QED) is 0.551. The Kier molecular flexibility index (Phi) is 10.1. The van der Waals surface area contributed by atoms with Crippen LogP contribution >= 0.6 is 11.3 Å². The molecule has 0 aliphatic carbocycles. The molecular formula is C14H24N4O4S. The summed E-state index contributed by atoms with van der Waals surface area (Å²) in [5.74, 6) is -0.431. The molecule has 0 saturated heterocycles. The first-order valence-corrected chi connectivity index (χ1v) is 8.45. The molecule has 2 N–H and O–H groups in total. The number of amides is 2. The summed E-state index contributed by atoms with van der Waals surface area (Å²) in [5, 5.41) is 14.1. The highest BCUT2D eigenvalue weighted by atomic mass is 32.1. The zero-order valence-corrected chi connectivity index (χ0v) is 14.4. The van der Waals surface area contributed by atoms with Gasteiger partial charge in [0.1, 0.15) is 5.01 Å². The summed E-state index contributed by atoms with van der Waals surface area (Å²) >= 11 is 1.30. The summed E-state index contributed by atoms with van der Waals surface area (Å²) in [5.41, 5.74) is 0. The van der Waals surface area contributed by atoms with Crippen LogP contribution in [0.15, 0.2) is 0 Å². The number of rotatable bonds is 12. The number of hydrogen-bond acceptors (Lipinski definition) is 7. The number of nitrogens with one attached hydrogen (secondary N) is 2. The average Bonchev–Trinajstić information content (AvgIpc) is 2.93. The molecule has 8 nitrogen and oxygen atoms in total. The van der Waals surface area contributed by atoms with E-state index in [0.717, 1.165) is 18.0 Å². The van der Waals surface area contributed by atoms with E-state index in [1.54, 1.807) is 6.92 Å². The molecule has 1 aromatic rings. The molecule has 0 unspecified atom stereocenters. The fourth-order valence-electron chi connectivity index (χ4n) is 1.57. The van der Waals surface area contributed by atoms with Crippen molar-refractivity contribution in [3.05, 3.63) is 5.01 Å². The second kappa shape index (κ2) is 11.9. The predicted octanol–water partition coefficient (Wildman–Crippen LogP) is 1.12. The van der Waals surface area contributed by atoms with Crippen molar-refractivity contribution < 1.29 is 19.1 Å². The molecule has 0 aliphatic heterocycles. The Labute approximate surface area is 140 Å². The lowest BCUT2D eigenvalue weighted by atomic mass is 10.3. The minimum Gasteiger partial charge on any atom is -0.379 e. The Balaban J connectivity index is 1.98. The van der Waals surface area contributed by atoms with Gasteiger partial charge in [-0.05, 0) is 13.3 Å². The van der Waals surface area contributed by atoms with Crippen LogP contribution in [0.25, 0.3) is 0 Å². The van der Waals surface area contributed by atoms with Gasteiger partial charge in [0.25, 0.3) is 0 Å². The fraction of sp³-hybridized carbons (Fsp3) is 0.714. The molecule has 0 spiro atoms. The van der Waals surface area contributed by atoms with Crippen LogP contribution in [0.5, 0.6) is 0 Å². The number of anilines is 1. The summed E-state index contributed by atoms with van der Waals surface area (Å²) in [6.07, 6.45) is 1.22. The Morgan fingerprint density at radius 3 is 2.39 bits per heavy atom. The molecular weight excluding hydrogens is 320 g/mol. The molecule has 1 rings (SSSR count). The van der Waals surface area contributed by atoms with E-state index in [1.165, 1.54) is 11.3 Å². The average molecular weight is 344 g/mol. The molecule has 9 heteroatoms. The first-order valence-electron chi connectivity index (χ1n) is 7.64. The summed E-state index contributed by atoms with van der Waals surface area (Å²) in [6, 6.07) is 0. The number of aromatic nitrogens is 2. The lowest BCUT2D eigenvalue weighted by Crippen LogP contribution is -2.28. The normalized spacial score (nSPS) is 10.5. The third-order valence-electron chi connectivity index (χ3n) is 2.64. The second-order valence-corrected chi connectivity index (χ2v) is 5.93. The molecule has 0 radical (unpaired) electrons. The van der Waals surface area contributed by atoms with Crippen LogP contribution in [0.2, 0.25) is 0 Å². The SMILES string of the molecule is CCCOCCOCCNC(=O)CCC(=O)Nc1nnc(C)s1. The topological polar surface area (TPSA) is 102 Å². The van der Waals surface area contributed by atoms with Gasteiger partial charge in [-0.3, -0.25) is 9.59 Å². The van der Waals surface area contributed by atoms with E-state index < -0.39 is 0 Å². The van der Waals surface area contributed by atoms with E-state index in [2.05, 4.69) is 20.8 Å². The van der Waals surface area contributed by atoms with Gasteiger partial charge >= 0.3 is 0 Å². The van der Waals surface area contributed by atoms with Gasteiger partial charge in [-0.15, -0.1) is 10.2 Å². The number of hydrogen-bond donors (Lipinski definition) is 2. The smallest absolute Gasteiger partial charge is 0.226 e. The summed E-state index contributed by atoms with van der Waals surface area (Å²) < 4.78 is 10.6. The van der Waals surface area contributed by atoms with Gasteiger partial charge in [0, 0.05) is 26.0 Å². The minimum atomic E-state index is -0.249. The molecule has 0 saturated carbocycles. The van der Waals surface area contributed by atoms with Gasteiger partial charge in [-0.1, -0.05) is 18.3 Å². The minimum absolute atomic E-state index is 0.107. The largest absolute Gasteiger partial charge is 0.379 e. The fourth-order valence-corrected chi connectivity index (χ4v) is 2.18. The van der Waals surface area contributed by atoms with Crippen LogP contribution in [-0.4, -0.2) is 55.0 Å². The molecule has 0 aromatic carbocycles. The zero-order valence-electron chi connectivity index (χ0n) is 13.6. The Bertz CT molecular complexity index is 481. The monoisotopic (exact) mass is 344 g/mol. The van der Waals surface area contributed by atoms with Gasteiger partial charge < -0.3 is 20.1 Å². The van der Waals surface area contributed by atoms with Gasteiger partial charge in [-0.2, -0.15) is 0 Å². The van der Waals surface area contributed by atoms with Crippen molar-refractivity contribution in [2.45, 2.75) is 33.1 Å². The first kappa shape index (κ1) is 19.5. The number of ether oxygens (including phenoxy) is 2. The van der Waals surface area contributed by atoms with Gasteiger partial charge in [-0.25, -0.2) is 0 Å². The predicted molar refractivity (Wildman–Crippen MR) is 87.4 cm³/mol. The summed E-state index contributed by atoms with van der Waals surface area (Å²) in [4.78, 5) is 23.2. The van der Waals surface area contributed by atoms with E-state index in [0.29, 0.717) is 31.5 Å². The molecule has 130 valence electrons. The van der Waals surface area contributed by atoms with E-state index >= 15 is 0 Å². The molecule has 1 heterocycles. The van der Waals surface area contributed by atoms with Crippen molar-refractivity contribution >= 4 is 28.3 Å². The van der Waals surface area contributed by atoms with Crippen LogP contribution in [0.3, 0.4) is 0 Å². The van der Waals surface area contributed by atoms with Gasteiger partial charge in [0.2, 0.25) is 16.9 Å². The molecule has 0 fully saturated rings. The summed E-state index contributed by atoms with van der Waals surface area (Å²) in [6.45, 7) is 6.51. The molecule has 0 aliphatic rings. The Hall–Kier alpha value is -1.58. The van der Waals surface area contributed by atoms with Crippen LogP contribution in [0.4, 0.5) is 5.13 Å². The number of nitrogens with zero attached hydrogens (tertiary/aromatic N) is 2. The standard InChI is InChI=1S/C14H24N4O4S/c1-3-7-21-9-10-22-8-6-15-12(19)4-5-13(20)16-14-18-17-11(2)23-14/h3-10H2,1-2H3,(H,15,19)(H,16,18,20). The van der Waals surface area contributed by atoms with Crippen molar-refractivity contribution in [2.24, 2.45) is 0 Å². The highest BCUT2D eigenvalue weighted by Crippen LogP contribution is 2.13. The second-order valence-electron chi connectivity index (χ2n) is 4.75. The zero-order chi connectivity index (χ0) is 16.9. The van der Waals surface area contributed by atoms with Crippen molar-refractivity contribution in [1.29, 1.82) is 0 Å². The van der Waals surface area contributed by atoms with Crippen LogP contribution < -0.4 is 10.6 Å². The Morgan fingerprint density at radius 2 is 1.74 bits per heavy atom. The maximum atomic E-state index is 11.6. The summed E-state index contributed by atoms with van der Waals surface area (Å²) in [7, 11) is 0. The van der Waals surface area contributed by atoms with Crippen LogP contribution in [0.1, 0.15) is 31.2 Å². The third-order valence-corrected chi connectivity index (χ3v) is 3.39. The van der Waals surface area contributed by atoms with Crippen molar-refractivity contribution in [1.82, 2.24) is 15.5 Å². The van der Waals surface area contributed by atoms with E-state index in [1.807, 2.05) is 6.92 Å². The van der Waals surface area contributed by atoms with E-state index in [-0.39, 0.29) is 24.7 Å². The maximum Gasteiger partial charge on any atom is 0.226 e. The molecule has 0 atom stereocenters. The number of carbonyl (C=O) groups is 2. The molecule has 1 aromatic heterocycles. The van der Waals surface area contributed by atoms with Gasteiger partial charge in [0.15, 0.2) is 0 Å². The lowest BCUT2D eigenvalue weighted by molar-refractivity contribution is -0.124. The molecule has 0 bridgehead atoms. The molecule has 2 amide bonds. The van der Waals surface area contributed by atoms with Crippen molar-refractivity contribution in [2.75, 3.05) is 38.3 Å². The van der Waals surface area contributed by atoms with E-state index in [4.69, 9.17) is 9.47 Å². The first-order chi connectivity index (χ1) is 11.1. The van der Waals surface area contributed by atoms with Crippen LogP contribution in [0, 0.1) is 6.92 Å². The maximum absolute atomic E-state index is 11.6. The highest BCUT2D eigenvalue weighted by molar-refractivity contribution is 7.15.